The molecular formula is C10H12N2O3S. The first-order valence-corrected chi connectivity index (χ1v) is 5.93. The molecule has 1 N–H and O–H groups in total. The van der Waals surface area contributed by atoms with E-state index in [1.165, 1.54) is 0 Å². The van der Waals surface area contributed by atoms with Gasteiger partial charge in [-0.15, -0.1) is 22.0 Å². The van der Waals surface area contributed by atoms with Gasteiger partial charge in [0, 0.05) is 5.25 Å². The molecule has 0 aliphatic rings. The van der Waals surface area contributed by atoms with E-state index < -0.39 is 0 Å². The van der Waals surface area contributed by atoms with Crippen LogP contribution in [0.3, 0.4) is 0 Å². The van der Waals surface area contributed by atoms with Crippen molar-refractivity contribution in [1.82, 2.24) is 10.2 Å². The van der Waals surface area contributed by atoms with Crippen molar-refractivity contribution >= 4 is 11.8 Å². The summed E-state index contributed by atoms with van der Waals surface area (Å²) in [7, 11) is 0. The summed E-state index contributed by atoms with van der Waals surface area (Å²) in [5.41, 5.74) is 0. The van der Waals surface area contributed by atoms with E-state index in [-0.39, 0.29) is 11.9 Å². The van der Waals surface area contributed by atoms with Crippen LogP contribution in [-0.2, 0) is 5.75 Å². The standard InChI is InChI=1S/C10H12N2O3S/c1-7(5-13)16-6-9-11-12-10(15-9)8-3-2-4-14-8/h2-4,7,13H,5-6H2,1H3. The van der Waals surface area contributed by atoms with Gasteiger partial charge in [-0.2, -0.15) is 0 Å². The third-order valence-electron chi connectivity index (χ3n) is 1.95. The van der Waals surface area contributed by atoms with Gasteiger partial charge in [-0.1, -0.05) is 6.92 Å². The molecule has 5 nitrogen and oxygen atoms in total. The van der Waals surface area contributed by atoms with E-state index in [0.29, 0.717) is 23.3 Å². The van der Waals surface area contributed by atoms with Gasteiger partial charge in [-0.05, 0) is 12.1 Å². The number of aliphatic hydroxyl groups excluding tert-OH is 1. The molecule has 0 aliphatic heterocycles. The molecule has 2 aromatic heterocycles. The highest BCUT2D eigenvalue weighted by molar-refractivity contribution is 7.99. The molecule has 0 bridgehead atoms. The van der Waals surface area contributed by atoms with E-state index in [0.717, 1.165) is 0 Å². The highest BCUT2D eigenvalue weighted by atomic mass is 32.2. The van der Waals surface area contributed by atoms with Gasteiger partial charge in [-0.3, -0.25) is 0 Å². The Hall–Kier alpha value is -1.27. The molecule has 0 amide bonds. The number of nitrogens with zero attached hydrogens (tertiary/aromatic N) is 2. The molecule has 6 heteroatoms. The third kappa shape index (κ3) is 2.65. The predicted octanol–water partition coefficient (Wildman–Crippen LogP) is 1.94. The molecule has 2 aromatic rings. The zero-order valence-corrected chi connectivity index (χ0v) is 9.61. The Bertz CT molecular complexity index is 427. The average molecular weight is 240 g/mol. The molecule has 0 aliphatic carbocycles. The number of hydrogen-bond acceptors (Lipinski definition) is 6. The zero-order chi connectivity index (χ0) is 11.4. The summed E-state index contributed by atoms with van der Waals surface area (Å²) in [6.45, 7) is 2.08. The molecule has 86 valence electrons. The molecule has 2 heterocycles. The van der Waals surface area contributed by atoms with Crippen molar-refractivity contribution in [3.05, 3.63) is 24.3 Å². The van der Waals surface area contributed by atoms with E-state index in [9.17, 15) is 0 Å². The van der Waals surface area contributed by atoms with Gasteiger partial charge < -0.3 is 13.9 Å². The largest absolute Gasteiger partial charge is 0.459 e. The molecule has 0 spiro atoms. The topological polar surface area (TPSA) is 72.3 Å². The van der Waals surface area contributed by atoms with E-state index >= 15 is 0 Å². The molecular weight excluding hydrogens is 228 g/mol. The minimum Gasteiger partial charge on any atom is -0.459 e. The fourth-order valence-corrected chi connectivity index (χ4v) is 1.73. The fraction of sp³-hybridized carbons (Fsp3) is 0.400. The van der Waals surface area contributed by atoms with Crippen molar-refractivity contribution in [3.63, 3.8) is 0 Å². The van der Waals surface area contributed by atoms with Crippen molar-refractivity contribution in [1.29, 1.82) is 0 Å². The first-order valence-electron chi connectivity index (χ1n) is 4.88. The second kappa shape index (κ2) is 5.18. The highest BCUT2D eigenvalue weighted by Crippen LogP contribution is 2.21. The molecule has 2 rings (SSSR count). The quantitative estimate of drug-likeness (QED) is 0.861. The molecule has 16 heavy (non-hydrogen) atoms. The van der Waals surface area contributed by atoms with Gasteiger partial charge in [-0.25, -0.2) is 0 Å². The summed E-state index contributed by atoms with van der Waals surface area (Å²) >= 11 is 1.56. The number of hydrogen-bond donors (Lipinski definition) is 1. The lowest BCUT2D eigenvalue weighted by molar-refractivity contribution is 0.300. The highest BCUT2D eigenvalue weighted by Gasteiger charge is 2.11. The Morgan fingerprint density at radius 3 is 3.06 bits per heavy atom. The second-order valence-electron chi connectivity index (χ2n) is 3.28. The first kappa shape index (κ1) is 11.2. The molecule has 0 saturated heterocycles. The summed E-state index contributed by atoms with van der Waals surface area (Å²) < 4.78 is 10.5. The zero-order valence-electron chi connectivity index (χ0n) is 8.79. The fourth-order valence-electron chi connectivity index (χ4n) is 1.08. The van der Waals surface area contributed by atoms with Crippen LogP contribution in [0.5, 0.6) is 0 Å². The maximum atomic E-state index is 8.87. The van der Waals surface area contributed by atoms with E-state index in [2.05, 4.69) is 10.2 Å². The lowest BCUT2D eigenvalue weighted by Gasteiger charge is -2.03. The number of thioether (sulfide) groups is 1. The van der Waals surface area contributed by atoms with Crippen LogP contribution in [-0.4, -0.2) is 27.2 Å². The molecule has 0 radical (unpaired) electrons. The summed E-state index contributed by atoms with van der Waals surface area (Å²) in [4.78, 5) is 0. The van der Waals surface area contributed by atoms with E-state index in [4.69, 9.17) is 13.9 Å². The smallest absolute Gasteiger partial charge is 0.283 e. The summed E-state index contributed by atoms with van der Waals surface area (Å²) in [6.07, 6.45) is 1.56. The Balaban J connectivity index is 1.98. The van der Waals surface area contributed by atoms with E-state index in [1.807, 2.05) is 6.92 Å². The van der Waals surface area contributed by atoms with Crippen LogP contribution in [0.15, 0.2) is 27.2 Å². The monoisotopic (exact) mass is 240 g/mol. The minimum absolute atomic E-state index is 0.143. The van der Waals surface area contributed by atoms with Crippen LogP contribution in [0, 0.1) is 0 Å². The number of rotatable bonds is 5. The molecule has 1 atom stereocenters. The van der Waals surface area contributed by atoms with Crippen LogP contribution in [0.1, 0.15) is 12.8 Å². The van der Waals surface area contributed by atoms with Crippen molar-refractivity contribution in [2.24, 2.45) is 0 Å². The van der Waals surface area contributed by atoms with Crippen LogP contribution >= 0.6 is 11.8 Å². The molecule has 1 unspecified atom stereocenters. The minimum atomic E-state index is 0.143. The van der Waals surface area contributed by atoms with E-state index in [1.54, 1.807) is 30.2 Å². The lowest BCUT2D eigenvalue weighted by atomic mass is 10.5. The van der Waals surface area contributed by atoms with Gasteiger partial charge in [0.05, 0.1) is 18.6 Å². The van der Waals surface area contributed by atoms with Crippen molar-refractivity contribution in [2.45, 2.75) is 17.9 Å². The van der Waals surface area contributed by atoms with Gasteiger partial charge in [0.1, 0.15) is 0 Å². The van der Waals surface area contributed by atoms with Crippen LogP contribution < -0.4 is 0 Å². The van der Waals surface area contributed by atoms with Gasteiger partial charge >= 0.3 is 0 Å². The maximum Gasteiger partial charge on any atom is 0.283 e. The Labute approximate surface area is 96.9 Å². The van der Waals surface area contributed by atoms with Crippen molar-refractivity contribution in [3.8, 4) is 11.7 Å². The maximum absolute atomic E-state index is 8.87. The summed E-state index contributed by atoms with van der Waals surface area (Å²) in [5.74, 6) is 2.09. The van der Waals surface area contributed by atoms with Crippen molar-refractivity contribution in [2.75, 3.05) is 6.61 Å². The normalized spacial score (nSPS) is 12.9. The lowest BCUT2D eigenvalue weighted by Crippen LogP contribution is -2.02. The Morgan fingerprint density at radius 1 is 1.50 bits per heavy atom. The van der Waals surface area contributed by atoms with Gasteiger partial charge in [0.2, 0.25) is 5.89 Å². The number of furan rings is 1. The summed E-state index contributed by atoms with van der Waals surface area (Å²) in [5, 5.41) is 16.8. The molecule has 0 saturated carbocycles. The summed E-state index contributed by atoms with van der Waals surface area (Å²) in [6, 6.07) is 3.53. The Morgan fingerprint density at radius 2 is 2.38 bits per heavy atom. The Kier molecular flexibility index (Phi) is 3.63. The number of aromatic nitrogens is 2. The third-order valence-corrected chi connectivity index (χ3v) is 3.08. The van der Waals surface area contributed by atoms with Crippen molar-refractivity contribution < 1.29 is 13.9 Å². The first-order chi connectivity index (χ1) is 7.79. The predicted molar refractivity (Wildman–Crippen MR) is 59.8 cm³/mol. The number of aliphatic hydroxyl groups is 1. The van der Waals surface area contributed by atoms with Gasteiger partial charge in [0.25, 0.3) is 5.89 Å². The molecule has 0 fully saturated rings. The van der Waals surface area contributed by atoms with Crippen LogP contribution in [0.2, 0.25) is 0 Å². The second-order valence-corrected chi connectivity index (χ2v) is 4.71. The van der Waals surface area contributed by atoms with Crippen LogP contribution in [0.25, 0.3) is 11.7 Å². The van der Waals surface area contributed by atoms with Gasteiger partial charge in [0.15, 0.2) is 5.76 Å². The SMILES string of the molecule is CC(CO)SCc1nnc(-c2ccco2)o1. The molecule has 0 aromatic carbocycles. The van der Waals surface area contributed by atoms with Crippen LogP contribution in [0.4, 0.5) is 0 Å². The average Bonchev–Trinajstić information content (AvgIpc) is 2.95.